The van der Waals surface area contributed by atoms with Gasteiger partial charge in [-0.3, -0.25) is 4.79 Å². The summed E-state index contributed by atoms with van der Waals surface area (Å²) >= 11 is 1.13. The van der Waals surface area contributed by atoms with E-state index in [4.69, 9.17) is 9.47 Å². The molecule has 3 aromatic rings. The lowest BCUT2D eigenvalue weighted by atomic mass is 9.98. The number of carboxylic acid groups (broad SMARTS) is 1. The van der Waals surface area contributed by atoms with E-state index in [1.165, 1.54) is 7.11 Å². The number of fused-ring (bicyclic) bond motifs is 3. The summed E-state index contributed by atoms with van der Waals surface area (Å²) in [5.41, 5.74) is 5.01. The van der Waals surface area contributed by atoms with Gasteiger partial charge in [0.05, 0.1) is 19.6 Å². The van der Waals surface area contributed by atoms with Gasteiger partial charge in [0.25, 0.3) is 0 Å². The molecule has 1 amide bonds. The molecule has 0 spiro atoms. The van der Waals surface area contributed by atoms with Crippen molar-refractivity contribution in [1.82, 2.24) is 9.69 Å². The summed E-state index contributed by atoms with van der Waals surface area (Å²) in [7, 11) is 1.45. The number of hydrogen-bond donors (Lipinski definition) is 2. The molecule has 1 atom stereocenters. The van der Waals surface area contributed by atoms with Gasteiger partial charge in [-0.1, -0.05) is 48.5 Å². The van der Waals surface area contributed by atoms with E-state index >= 15 is 0 Å². The minimum absolute atomic E-state index is 0.0709. The van der Waals surface area contributed by atoms with Crippen LogP contribution in [0.25, 0.3) is 11.1 Å². The van der Waals surface area contributed by atoms with Crippen LogP contribution in [0, 0.1) is 0 Å². The summed E-state index contributed by atoms with van der Waals surface area (Å²) in [4.78, 5) is 23.8. The maximum Gasteiger partial charge on any atom is 0.407 e. The number of benzene rings is 2. The third-order valence-electron chi connectivity index (χ3n) is 5.15. The predicted molar refractivity (Wildman–Crippen MR) is 112 cm³/mol. The number of ether oxygens (including phenoxy) is 2. The van der Waals surface area contributed by atoms with Crippen LogP contribution in [0.2, 0.25) is 0 Å². The smallest absolute Gasteiger partial charge is 0.407 e. The van der Waals surface area contributed by atoms with E-state index in [2.05, 4.69) is 21.8 Å². The molecule has 0 aliphatic heterocycles. The summed E-state index contributed by atoms with van der Waals surface area (Å²) < 4.78 is 14.7. The van der Waals surface area contributed by atoms with Gasteiger partial charge >= 0.3 is 12.1 Å². The molecular formula is C22H20N2O5S. The summed E-state index contributed by atoms with van der Waals surface area (Å²) in [6, 6.07) is 15.3. The van der Waals surface area contributed by atoms with Crippen LogP contribution >= 0.6 is 11.5 Å². The number of aromatic nitrogens is 1. The van der Waals surface area contributed by atoms with Crippen molar-refractivity contribution in [2.45, 2.75) is 18.4 Å². The Kier molecular flexibility index (Phi) is 5.67. The molecule has 0 radical (unpaired) electrons. The maximum absolute atomic E-state index is 12.5. The number of methoxy groups -OCH3 is 1. The number of nitrogens with zero attached hydrogens (tertiary/aromatic N) is 1. The highest BCUT2D eigenvalue weighted by atomic mass is 32.1. The van der Waals surface area contributed by atoms with E-state index in [1.54, 1.807) is 5.38 Å². The fourth-order valence-corrected chi connectivity index (χ4v) is 4.52. The zero-order valence-corrected chi connectivity index (χ0v) is 17.0. The largest absolute Gasteiger partial charge is 0.481 e. The van der Waals surface area contributed by atoms with Crippen molar-refractivity contribution < 1.29 is 24.2 Å². The van der Waals surface area contributed by atoms with Crippen molar-refractivity contribution in [2.24, 2.45) is 0 Å². The molecule has 154 valence electrons. The number of carbonyl (C=O) groups is 2. The zero-order chi connectivity index (χ0) is 21.1. The Morgan fingerprint density at radius 3 is 2.37 bits per heavy atom. The average molecular weight is 424 g/mol. The lowest BCUT2D eigenvalue weighted by Gasteiger charge is -2.18. The molecule has 2 N–H and O–H groups in total. The van der Waals surface area contributed by atoms with Crippen LogP contribution < -0.4 is 10.1 Å². The highest BCUT2D eigenvalue weighted by Gasteiger charge is 2.30. The monoisotopic (exact) mass is 424 g/mol. The molecule has 8 heteroatoms. The van der Waals surface area contributed by atoms with E-state index < -0.39 is 18.1 Å². The zero-order valence-electron chi connectivity index (χ0n) is 16.2. The van der Waals surface area contributed by atoms with Crippen molar-refractivity contribution in [3.05, 3.63) is 70.6 Å². The Balaban J connectivity index is 1.48. The number of alkyl carbamates (subject to hydrolysis) is 1. The van der Waals surface area contributed by atoms with Gasteiger partial charge in [0.2, 0.25) is 5.88 Å². The van der Waals surface area contributed by atoms with E-state index in [0.717, 1.165) is 33.8 Å². The molecular weight excluding hydrogens is 404 g/mol. The lowest BCUT2D eigenvalue weighted by molar-refractivity contribution is -0.137. The minimum atomic E-state index is -1.05. The quantitative estimate of drug-likeness (QED) is 0.590. The van der Waals surface area contributed by atoms with Crippen LogP contribution in [0.5, 0.6) is 5.88 Å². The molecule has 2 aromatic carbocycles. The van der Waals surface area contributed by atoms with Crippen molar-refractivity contribution in [1.29, 1.82) is 0 Å². The van der Waals surface area contributed by atoms with E-state index in [-0.39, 0.29) is 18.9 Å². The molecule has 0 fully saturated rings. The number of hydrogen-bond acceptors (Lipinski definition) is 6. The van der Waals surface area contributed by atoms with E-state index in [9.17, 15) is 14.7 Å². The number of aliphatic carboxylic acids is 1. The van der Waals surface area contributed by atoms with Gasteiger partial charge in [-0.15, -0.1) is 0 Å². The Morgan fingerprint density at radius 2 is 1.77 bits per heavy atom. The Bertz CT molecular complexity index is 1040. The molecule has 0 saturated heterocycles. The number of carbonyl (C=O) groups excluding carboxylic acids is 1. The molecule has 0 unspecified atom stereocenters. The van der Waals surface area contributed by atoms with E-state index in [0.29, 0.717) is 11.4 Å². The number of amides is 1. The minimum Gasteiger partial charge on any atom is -0.481 e. The SMILES string of the molecule is COc1nscc1[C@@H](CC(=O)O)NC(=O)OCC1c2ccccc2-c2ccccc21. The molecule has 7 nitrogen and oxygen atoms in total. The van der Waals surface area contributed by atoms with Crippen molar-refractivity contribution in [3.63, 3.8) is 0 Å². The van der Waals surface area contributed by atoms with Crippen LogP contribution in [-0.4, -0.2) is 35.3 Å². The number of nitrogens with one attached hydrogen (secondary N) is 1. The lowest BCUT2D eigenvalue weighted by Crippen LogP contribution is -2.31. The van der Waals surface area contributed by atoms with Crippen LogP contribution in [0.3, 0.4) is 0 Å². The van der Waals surface area contributed by atoms with Gasteiger partial charge < -0.3 is 19.9 Å². The van der Waals surface area contributed by atoms with Crippen LogP contribution in [0.15, 0.2) is 53.9 Å². The molecule has 1 aliphatic rings. The highest BCUT2D eigenvalue weighted by Crippen LogP contribution is 2.44. The van der Waals surface area contributed by atoms with Crippen LogP contribution in [0.4, 0.5) is 4.79 Å². The Morgan fingerprint density at radius 1 is 1.13 bits per heavy atom. The summed E-state index contributed by atoms with van der Waals surface area (Å²) in [5, 5.41) is 13.5. The van der Waals surface area contributed by atoms with Gasteiger partial charge in [-0.25, -0.2) is 4.79 Å². The van der Waals surface area contributed by atoms with Gasteiger partial charge in [-0.2, -0.15) is 4.37 Å². The standard InChI is InChI=1S/C22H20N2O5S/c1-28-21-18(12-30-24-21)19(10-20(25)26)23-22(27)29-11-17-15-8-4-2-6-13(15)14-7-3-5-9-16(14)17/h2-9,12,17,19H,10-11H2,1H3,(H,23,27)(H,25,26)/t19-/m1/s1. The third-order valence-corrected chi connectivity index (χ3v) is 5.78. The third kappa shape index (κ3) is 3.86. The summed E-state index contributed by atoms with van der Waals surface area (Å²) in [6.45, 7) is 0.151. The first-order valence-corrected chi connectivity index (χ1v) is 10.2. The van der Waals surface area contributed by atoms with Gasteiger partial charge in [-0.05, 0) is 33.8 Å². The molecule has 4 rings (SSSR count). The van der Waals surface area contributed by atoms with Crippen molar-refractivity contribution in [3.8, 4) is 17.0 Å². The Labute approximate surface area is 177 Å². The predicted octanol–water partition coefficient (Wildman–Crippen LogP) is 4.21. The van der Waals surface area contributed by atoms with Gasteiger partial charge in [0, 0.05) is 16.9 Å². The fourth-order valence-electron chi connectivity index (χ4n) is 3.82. The van der Waals surface area contributed by atoms with Crippen molar-refractivity contribution in [2.75, 3.05) is 13.7 Å². The number of carboxylic acids is 1. The van der Waals surface area contributed by atoms with Gasteiger partial charge in [0.15, 0.2) is 0 Å². The summed E-state index contributed by atoms with van der Waals surface area (Å²) in [5.74, 6) is -0.823. The molecule has 1 aromatic heterocycles. The summed E-state index contributed by atoms with van der Waals surface area (Å²) in [6.07, 6.45) is -0.990. The highest BCUT2D eigenvalue weighted by molar-refractivity contribution is 7.03. The first kappa shape index (κ1) is 19.9. The fraction of sp³-hybridized carbons (Fsp3) is 0.227. The maximum atomic E-state index is 12.5. The van der Waals surface area contributed by atoms with Gasteiger partial charge in [0.1, 0.15) is 6.61 Å². The molecule has 30 heavy (non-hydrogen) atoms. The second-order valence-electron chi connectivity index (χ2n) is 6.90. The van der Waals surface area contributed by atoms with Crippen LogP contribution in [0.1, 0.15) is 35.1 Å². The molecule has 0 saturated carbocycles. The van der Waals surface area contributed by atoms with E-state index in [1.807, 2.05) is 36.4 Å². The average Bonchev–Trinajstić information content (AvgIpc) is 3.34. The Hall–Kier alpha value is -3.39. The topological polar surface area (TPSA) is 97.8 Å². The normalized spacial score (nSPS) is 13.2. The van der Waals surface area contributed by atoms with Crippen molar-refractivity contribution >= 4 is 23.6 Å². The first-order chi connectivity index (χ1) is 14.6. The molecule has 1 heterocycles. The molecule has 1 aliphatic carbocycles. The number of rotatable bonds is 7. The second kappa shape index (κ2) is 8.54. The first-order valence-electron chi connectivity index (χ1n) is 9.40. The second-order valence-corrected chi connectivity index (χ2v) is 7.53. The van der Waals surface area contributed by atoms with Crippen LogP contribution in [-0.2, 0) is 9.53 Å². The molecule has 0 bridgehead atoms.